The van der Waals surface area contributed by atoms with Crippen molar-refractivity contribution in [3.05, 3.63) is 122 Å². The van der Waals surface area contributed by atoms with Gasteiger partial charge in [-0.3, -0.25) is 24.3 Å². The molecule has 0 bridgehead atoms. The summed E-state index contributed by atoms with van der Waals surface area (Å²) in [7, 11) is 0. The molecule has 1 heterocycles. The van der Waals surface area contributed by atoms with Crippen molar-refractivity contribution >= 4 is 44.9 Å². The highest BCUT2D eigenvalue weighted by Gasteiger charge is 2.29. The van der Waals surface area contributed by atoms with Crippen molar-refractivity contribution in [1.82, 2.24) is 14.5 Å². The summed E-state index contributed by atoms with van der Waals surface area (Å²) < 4.78 is 1.57. The molecule has 0 spiro atoms. The lowest BCUT2D eigenvalue weighted by molar-refractivity contribution is -0.384. The summed E-state index contributed by atoms with van der Waals surface area (Å²) >= 11 is 6.02. The second-order valence-corrected chi connectivity index (χ2v) is 10.4. The highest BCUT2D eigenvalue weighted by Crippen LogP contribution is 2.29. The zero-order chi connectivity index (χ0) is 29.1. The van der Waals surface area contributed by atoms with Crippen molar-refractivity contribution in [2.45, 2.75) is 39.2 Å². The first kappa shape index (κ1) is 28.0. The first-order valence-electron chi connectivity index (χ1n) is 13.6. The van der Waals surface area contributed by atoms with Crippen LogP contribution in [0.4, 0.5) is 5.69 Å². The molecule has 1 amide bonds. The zero-order valence-electron chi connectivity index (χ0n) is 22.8. The lowest BCUT2D eigenvalue weighted by Crippen LogP contribution is -2.38. The molecule has 8 nitrogen and oxygen atoms in total. The van der Waals surface area contributed by atoms with Crippen LogP contribution in [0.5, 0.6) is 0 Å². The number of amides is 1. The zero-order valence-corrected chi connectivity index (χ0v) is 23.5. The van der Waals surface area contributed by atoms with Crippen LogP contribution in [0, 0.1) is 10.1 Å². The molecular weight excluding hydrogens is 540 g/mol. The van der Waals surface area contributed by atoms with Crippen molar-refractivity contribution in [2.75, 3.05) is 6.54 Å². The van der Waals surface area contributed by atoms with Gasteiger partial charge >= 0.3 is 0 Å². The van der Waals surface area contributed by atoms with Crippen molar-refractivity contribution in [2.24, 2.45) is 0 Å². The smallest absolute Gasteiger partial charge is 0.288 e. The van der Waals surface area contributed by atoms with Gasteiger partial charge in [-0.1, -0.05) is 73.8 Å². The van der Waals surface area contributed by atoms with E-state index in [1.807, 2.05) is 55.5 Å². The van der Waals surface area contributed by atoms with Gasteiger partial charge in [0, 0.05) is 18.2 Å². The van der Waals surface area contributed by atoms with E-state index >= 15 is 0 Å². The third kappa shape index (κ3) is 5.56. The highest BCUT2D eigenvalue weighted by atomic mass is 35.5. The van der Waals surface area contributed by atoms with Crippen molar-refractivity contribution < 1.29 is 9.72 Å². The minimum atomic E-state index is -0.641. The Hall–Kier alpha value is -4.56. The van der Waals surface area contributed by atoms with Gasteiger partial charge in [-0.2, -0.15) is 0 Å². The van der Waals surface area contributed by atoms with Gasteiger partial charge in [0.15, 0.2) is 0 Å². The van der Waals surface area contributed by atoms with E-state index in [0.717, 1.165) is 30.0 Å². The minimum absolute atomic E-state index is 0.0431. The number of fused-ring (bicyclic) bond motifs is 2. The van der Waals surface area contributed by atoms with Crippen LogP contribution >= 0.6 is 11.6 Å². The predicted octanol–water partition coefficient (Wildman–Crippen LogP) is 7.49. The van der Waals surface area contributed by atoms with Gasteiger partial charge < -0.3 is 4.90 Å². The lowest BCUT2D eigenvalue weighted by Gasteiger charge is -2.31. The van der Waals surface area contributed by atoms with Gasteiger partial charge in [-0.15, -0.1) is 0 Å². The number of aromatic nitrogens is 2. The lowest BCUT2D eigenvalue weighted by atomic mass is 10.1. The van der Waals surface area contributed by atoms with Crippen LogP contribution in [0.1, 0.15) is 55.3 Å². The van der Waals surface area contributed by atoms with E-state index in [2.05, 4.69) is 6.92 Å². The molecule has 0 fully saturated rings. The number of benzene rings is 4. The molecule has 0 N–H and O–H groups in total. The fourth-order valence-corrected chi connectivity index (χ4v) is 5.28. The van der Waals surface area contributed by atoms with Gasteiger partial charge in [0.1, 0.15) is 10.8 Å². The molecule has 0 aliphatic rings. The Labute approximate surface area is 242 Å². The van der Waals surface area contributed by atoms with E-state index in [0.29, 0.717) is 29.0 Å². The fourth-order valence-electron chi connectivity index (χ4n) is 5.09. The second kappa shape index (κ2) is 11.9. The Morgan fingerprint density at radius 1 is 1.00 bits per heavy atom. The van der Waals surface area contributed by atoms with E-state index < -0.39 is 16.9 Å². The maximum absolute atomic E-state index is 14.0. The Balaban J connectivity index is 1.68. The first-order chi connectivity index (χ1) is 19.8. The number of hydrogen-bond acceptors (Lipinski definition) is 5. The standard InChI is InChI=1S/C32H29ClN4O4/c1-3-4-9-18-35(31(38)24-15-17-27(33)29(20-24)37(40)41)21(2)30-34-28-13-8-7-12-26(28)32(39)36(30)25-16-14-22-10-5-6-11-23(22)19-25/h5-8,10-17,19-21H,3-4,9,18H2,1-2H3. The van der Waals surface area contributed by atoms with Crippen LogP contribution in [0.25, 0.3) is 27.4 Å². The molecule has 9 heteroatoms. The number of para-hydroxylation sites is 1. The summed E-state index contributed by atoms with van der Waals surface area (Å²) in [6.45, 7) is 4.29. The molecule has 208 valence electrons. The summed E-state index contributed by atoms with van der Waals surface area (Å²) in [6.07, 6.45) is 2.55. The van der Waals surface area contributed by atoms with Crippen LogP contribution in [-0.2, 0) is 0 Å². The summed E-state index contributed by atoms with van der Waals surface area (Å²) in [5.74, 6) is -0.00173. The molecule has 0 aliphatic carbocycles. The van der Waals surface area contributed by atoms with Gasteiger partial charge in [-0.25, -0.2) is 4.98 Å². The number of halogens is 1. The predicted molar refractivity (Wildman–Crippen MR) is 162 cm³/mol. The molecule has 0 aliphatic heterocycles. The Kier molecular flexibility index (Phi) is 8.12. The average Bonchev–Trinajstić information content (AvgIpc) is 2.98. The number of nitro benzene ring substituents is 1. The Morgan fingerprint density at radius 3 is 2.49 bits per heavy atom. The number of carbonyl (C=O) groups is 1. The normalized spacial score (nSPS) is 12.0. The molecule has 5 aromatic rings. The molecule has 0 radical (unpaired) electrons. The monoisotopic (exact) mass is 568 g/mol. The molecule has 5 rings (SSSR count). The van der Waals surface area contributed by atoms with E-state index in [4.69, 9.17) is 16.6 Å². The molecule has 0 saturated heterocycles. The first-order valence-corrected chi connectivity index (χ1v) is 13.9. The third-order valence-corrected chi connectivity index (χ3v) is 7.61. The van der Waals surface area contributed by atoms with Crippen LogP contribution in [-0.4, -0.2) is 31.8 Å². The molecule has 1 unspecified atom stereocenters. The van der Waals surface area contributed by atoms with E-state index in [1.165, 1.54) is 18.2 Å². The number of nitrogens with zero attached hydrogens (tertiary/aromatic N) is 4. The van der Waals surface area contributed by atoms with Gasteiger partial charge in [0.25, 0.3) is 17.2 Å². The minimum Gasteiger partial charge on any atom is -0.329 e. The van der Waals surface area contributed by atoms with E-state index in [9.17, 15) is 19.7 Å². The topological polar surface area (TPSA) is 98.3 Å². The van der Waals surface area contributed by atoms with Crippen LogP contribution in [0.3, 0.4) is 0 Å². The fraction of sp³-hybridized carbons (Fsp3) is 0.219. The number of hydrogen-bond donors (Lipinski definition) is 0. The molecule has 1 atom stereocenters. The van der Waals surface area contributed by atoms with Gasteiger partial charge in [-0.05, 0) is 60.5 Å². The van der Waals surface area contributed by atoms with Gasteiger partial charge in [0.2, 0.25) is 0 Å². The summed E-state index contributed by atoms with van der Waals surface area (Å²) in [5.41, 5.74) is 0.729. The molecule has 0 saturated carbocycles. The third-order valence-electron chi connectivity index (χ3n) is 7.29. The SMILES string of the molecule is CCCCCN(C(=O)c1ccc(Cl)c([N+](=O)[O-])c1)C(C)c1nc2ccccc2c(=O)n1-c1ccc2ccccc2c1. The van der Waals surface area contributed by atoms with Crippen molar-refractivity contribution in [3.63, 3.8) is 0 Å². The number of carbonyl (C=O) groups excluding carboxylic acids is 1. The van der Waals surface area contributed by atoms with Crippen LogP contribution in [0.15, 0.2) is 89.7 Å². The molecular formula is C32H29ClN4O4. The van der Waals surface area contributed by atoms with Crippen molar-refractivity contribution in [3.8, 4) is 5.69 Å². The largest absolute Gasteiger partial charge is 0.329 e. The van der Waals surface area contributed by atoms with Crippen LogP contribution in [0.2, 0.25) is 5.02 Å². The summed E-state index contributed by atoms with van der Waals surface area (Å²) in [6, 6.07) is 24.2. The molecule has 1 aromatic heterocycles. The molecule has 41 heavy (non-hydrogen) atoms. The Morgan fingerprint density at radius 2 is 1.73 bits per heavy atom. The van der Waals surface area contributed by atoms with E-state index in [-0.39, 0.29) is 21.8 Å². The maximum atomic E-state index is 14.0. The Bertz CT molecular complexity index is 1830. The quantitative estimate of drug-likeness (QED) is 0.104. The van der Waals surface area contributed by atoms with Gasteiger partial charge in [0.05, 0.1) is 27.6 Å². The maximum Gasteiger partial charge on any atom is 0.288 e. The summed E-state index contributed by atoms with van der Waals surface area (Å²) in [4.78, 5) is 45.4. The number of rotatable bonds is 9. The van der Waals surface area contributed by atoms with Crippen LogP contribution < -0.4 is 5.56 Å². The number of nitro groups is 1. The van der Waals surface area contributed by atoms with E-state index in [1.54, 1.807) is 27.7 Å². The van der Waals surface area contributed by atoms with Crippen molar-refractivity contribution in [1.29, 1.82) is 0 Å². The second-order valence-electron chi connectivity index (χ2n) is 9.96. The highest BCUT2D eigenvalue weighted by molar-refractivity contribution is 6.32. The number of unbranched alkanes of at least 4 members (excludes halogenated alkanes) is 2. The average molecular weight is 569 g/mol. The molecule has 4 aromatic carbocycles. The summed E-state index contributed by atoms with van der Waals surface area (Å²) in [5, 5.41) is 14.0.